The Morgan fingerprint density at radius 3 is 2.24 bits per heavy atom. The molecule has 0 heterocycles. The van der Waals surface area contributed by atoms with Gasteiger partial charge in [-0.1, -0.05) is 37.3 Å². The van der Waals surface area contributed by atoms with E-state index in [9.17, 15) is 4.79 Å². The first-order valence-electron chi connectivity index (χ1n) is 7.09. The normalized spacial score (nSPS) is 10.3. The van der Waals surface area contributed by atoms with Crippen LogP contribution in [0.2, 0.25) is 0 Å². The Labute approximate surface area is 125 Å². The zero-order chi connectivity index (χ0) is 15.2. The van der Waals surface area contributed by atoms with Crippen molar-refractivity contribution in [1.82, 2.24) is 4.90 Å². The molecule has 0 aliphatic carbocycles. The molecule has 110 valence electrons. The summed E-state index contributed by atoms with van der Waals surface area (Å²) in [6.07, 6.45) is 0.899. The molecule has 2 rings (SSSR count). The second-order valence-electron chi connectivity index (χ2n) is 5.10. The number of anilines is 2. The van der Waals surface area contributed by atoms with E-state index in [1.807, 2.05) is 35.2 Å². The second-order valence-corrected chi connectivity index (χ2v) is 5.10. The molecule has 0 aliphatic rings. The van der Waals surface area contributed by atoms with Gasteiger partial charge in [-0.3, -0.25) is 4.79 Å². The molecule has 0 saturated carbocycles. The molecule has 4 heteroatoms. The van der Waals surface area contributed by atoms with Gasteiger partial charge in [0.15, 0.2) is 0 Å². The number of amides is 1. The minimum Gasteiger partial charge on any atom is -0.399 e. The van der Waals surface area contributed by atoms with Crippen molar-refractivity contribution < 1.29 is 4.79 Å². The van der Waals surface area contributed by atoms with Gasteiger partial charge in [-0.05, 0) is 30.2 Å². The van der Waals surface area contributed by atoms with E-state index >= 15 is 0 Å². The van der Waals surface area contributed by atoms with Gasteiger partial charge < -0.3 is 16.4 Å². The Balaban J connectivity index is 2.22. The van der Waals surface area contributed by atoms with Crippen molar-refractivity contribution in [2.45, 2.75) is 19.9 Å². The maximum absolute atomic E-state index is 12.7. The third-order valence-electron chi connectivity index (χ3n) is 3.22. The lowest BCUT2D eigenvalue weighted by Gasteiger charge is -2.22. The van der Waals surface area contributed by atoms with Gasteiger partial charge in [-0.2, -0.15) is 0 Å². The Morgan fingerprint density at radius 1 is 1.05 bits per heavy atom. The van der Waals surface area contributed by atoms with E-state index in [1.165, 1.54) is 0 Å². The standard InChI is InChI=1S/C17H21N3O/c1-2-8-20(12-13-6-4-3-5-7-13)17(21)14-9-15(18)11-16(19)10-14/h3-7,9-11H,2,8,12,18-19H2,1H3. The molecular formula is C17H21N3O. The zero-order valence-electron chi connectivity index (χ0n) is 12.3. The number of nitrogens with zero attached hydrogens (tertiary/aromatic N) is 1. The molecule has 2 aromatic rings. The minimum atomic E-state index is -0.0419. The molecule has 4 N–H and O–H groups in total. The van der Waals surface area contributed by atoms with Gasteiger partial charge >= 0.3 is 0 Å². The first-order chi connectivity index (χ1) is 10.1. The van der Waals surface area contributed by atoms with Gasteiger partial charge in [0.2, 0.25) is 0 Å². The fourth-order valence-corrected chi connectivity index (χ4v) is 2.31. The summed E-state index contributed by atoms with van der Waals surface area (Å²) in [4.78, 5) is 14.5. The lowest BCUT2D eigenvalue weighted by molar-refractivity contribution is 0.0743. The van der Waals surface area contributed by atoms with E-state index in [2.05, 4.69) is 6.92 Å². The van der Waals surface area contributed by atoms with Crippen LogP contribution in [-0.4, -0.2) is 17.4 Å². The predicted molar refractivity (Wildman–Crippen MR) is 86.7 cm³/mol. The maximum Gasteiger partial charge on any atom is 0.254 e. The van der Waals surface area contributed by atoms with Crippen LogP contribution >= 0.6 is 0 Å². The SMILES string of the molecule is CCCN(Cc1ccccc1)C(=O)c1cc(N)cc(N)c1. The maximum atomic E-state index is 12.7. The van der Waals surface area contributed by atoms with Crippen molar-refractivity contribution >= 4 is 17.3 Å². The number of carbonyl (C=O) groups excluding carboxylic acids is 1. The van der Waals surface area contributed by atoms with E-state index in [0.29, 0.717) is 30.0 Å². The number of nitrogens with two attached hydrogens (primary N) is 2. The van der Waals surface area contributed by atoms with Gasteiger partial charge in [0.1, 0.15) is 0 Å². The zero-order valence-corrected chi connectivity index (χ0v) is 12.3. The van der Waals surface area contributed by atoms with Crippen molar-refractivity contribution in [2.75, 3.05) is 18.0 Å². The number of hydrogen-bond donors (Lipinski definition) is 2. The lowest BCUT2D eigenvalue weighted by Crippen LogP contribution is -2.31. The fraction of sp³-hybridized carbons (Fsp3) is 0.235. The summed E-state index contributed by atoms with van der Waals surface area (Å²) >= 11 is 0. The Hall–Kier alpha value is -2.49. The highest BCUT2D eigenvalue weighted by Gasteiger charge is 2.16. The van der Waals surface area contributed by atoms with Crippen LogP contribution in [0.15, 0.2) is 48.5 Å². The van der Waals surface area contributed by atoms with Crippen molar-refractivity contribution in [3.05, 3.63) is 59.7 Å². The van der Waals surface area contributed by atoms with Crippen LogP contribution in [0.25, 0.3) is 0 Å². The molecule has 0 saturated heterocycles. The number of hydrogen-bond acceptors (Lipinski definition) is 3. The average molecular weight is 283 g/mol. The Bertz CT molecular complexity index is 590. The molecule has 21 heavy (non-hydrogen) atoms. The van der Waals surface area contributed by atoms with Crippen LogP contribution in [0.1, 0.15) is 29.3 Å². The smallest absolute Gasteiger partial charge is 0.254 e. The average Bonchev–Trinajstić information content (AvgIpc) is 2.46. The molecule has 0 spiro atoms. The van der Waals surface area contributed by atoms with Crippen molar-refractivity contribution in [1.29, 1.82) is 0 Å². The van der Waals surface area contributed by atoms with Crippen LogP contribution < -0.4 is 11.5 Å². The van der Waals surface area contributed by atoms with Gasteiger partial charge in [0.05, 0.1) is 0 Å². The summed E-state index contributed by atoms with van der Waals surface area (Å²) in [7, 11) is 0. The molecule has 0 bridgehead atoms. The van der Waals surface area contributed by atoms with Crippen molar-refractivity contribution in [2.24, 2.45) is 0 Å². The molecule has 0 fully saturated rings. The first-order valence-corrected chi connectivity index (χ1v) is 7.09. The number of nitrogen functional groups attached to an aromatic ring is 2. The summed E-state index contributed by atoms with van der Waals surface area (Å²) < 4.78 is 0. The third kappa shape index (κ3) is 3.99. The quantitative estimate of drug-likeness (QED) is 0.829. The number of rotatable bonds is 5. The summed E-state index contributed by atoms with van der Waals surface area (Å²) in [5.74, 6) is -0.0419. The molecule has 0 unspecified atom stereocenters. The molecule has 2 aromatic carbocycles. The summed E-state index contributed by atoms with van der Waals surface area (Å²) in [5, 5.41) is 0. The minimum absolute atomic E-state index is 0.0419. The van der Waals surface area contributed by atoms with Crippen LogP contribution in [0.4, 0.5) is 11.4 Å². The molecule has 4 nitrogen and oxygen atoms in total. The molecule has 0 atom stereocenters. The van der Waals surface area contributed by atoms with Crippen LogP contribution in [-0.2, 0) is 6.54 Å². The predicted octanol–water partition coefficient (Wildman–Crippen LogP) is 2.90. The highest BCUT2D eigenvalue weighted by molar-refractivity contribution is 5.96. The number of carbonyl (C=O) groups is 1. The third-order valence-corrected chi connectivity index (χ3v) is 3.22. The monoisotopic (exact) mass is 283 g/mol. The van der Waals surface area contributed by atoms with E-state index < -0.39 is 0 Å². The van der Waals surface area contributed by atoms with Crippen LogP contribution in [0.3, 0.4) is 0 Å². The largest absolute Gasteiger partial charge is 0.399 e. The topological polar surface area (TPSA) is 72.3 Å². The second kappa shape index (κ2) is 6.79. The molecule has 0 aliphatic heterocycles. The van der Waals surface area contributed by atoms with Crippen molar-refractivity contribution in [3.8, 4) is 0 Å². The summed E-state index contributed by atoms with van der Waals surface area (Å²) in [5.41, 5.74) is 14.2. The van der Waals surface area contributed by atoms with Crippen molar-refractivity contribution in [3.63, 3.8) is 0 Å². The van der Waals surface area contributed by atoms with E-state index in [0.717, 1.165) is 12.0 Å². The Kier molecular flexibility index (Phi) is 4.82. The van der Waals surface area contributed by atoms with Crippen LogP contribution in [0.5, 0.6) is 0 Å². The van der Waals surface area contributed by atoms with Crippen LogP contribution in [0, 0.1) is 0 Å². The molecule has 1 amide bonds. The highest BCUT2D eigenvalue weighted by atomic mass is 16.2. The summed E-state index contributed by atoms with van der Waals surface area (Å²) in [6.45, 7) is 3.34. The van der Waals surface area contributed by atoms with E-state index in [4.69, 9.17) is 11.5 Å². The van der Waals surface area contributed by atoms with E-state index in [1.54, 1.807) is 18.2 Å². The van der Waals surface area contributed by atoms with Gasteiger partial charge in [0.25, 0.3) is 5.91 Å². The Morgan fingerprint density at radius 2 is 1.67 bits per heavy atom. The molecule has 0 aromatic heterocycles. The number of benzene rings is 2. The first kappa shape index (κ1) is 14.9. The molecular weight excluding hydrogens is 262 g/mol. The van der Waals surface area contributed by atoms with Gasteiger partial charge in [-0.25, -0.2) is 0 Å². The summed E-state index contributed by atoms with van der Waals surface area (Å²) in [6, 6.07) is 14.9. The fourth-order valence-electron chi connectivity index (χ4n) is 2.31. The van der Waals surface area contributed by atoms with E-state index in [-0.39, 0.29) is 5.91 Å². The molecule has 0 radical (unpaired) electrons. The van der Waals surface area contributed by atoms with Gasteiger partial charge in [0, 0.05) is 30.0 Å². The highest BCUT2D eigenvalue weighted by Crippen LogP contribution is 2.17. The van der Waals surface area contributed by atoms with Gasteiger partial charge in [-0.15, -0.1) is 0 Å². The lowest BCUT2D eigenvalue weighted by atomic mass is 10.1.